The van der Waals surface area contributed by atoms with Crippen LogP contribution in [0.2, 0.25) is 0 Å². The molecule has 0 fully saturated rings. The van der Waals surface area contributed by atoms with E-state index in [4.69, 9.17) is 4.74 Å². The van der Waals surface area contributed by atoms with Crippen LogP contribution in [-0.2, 0) is 29.4 Å². The predicted molar refractivity (Wildman–Crippen MR) is 131 cm³/mol. The second-order valence-corrected chi connectivity index (χ2v) is 10.3. The summed E-state index contributed by atoms with van der Waals surface area (Å²) in [5.41, 5.74) is 3.65. The van der Waals surface area contributed by atoms with Crippen molar-refractivity contribution in [2.75, 3.05) is 26.5 Å². The summed E-state index contributed by atoms with van der Waals surface area (Å²) in [5, 5.41) is 2.61. The Balaban J connectivity index is 1.68. The Morgan fingerprint density at radius 1 is 1.14 bits per heavy atom. The average Bonchev–Trinajstić information content (AvgIpc) is 3.30. The topological polar surface area (TPSA) is 101 Å². The molecular weight excluding hydrogens is 490 g/mol. The number of amides is 2. The Kier molecular flexibility index (Phi) is 7.23. The summed E-state index contributed by atoms with van der Waals surface area (Å²) < 4.78 is 62.2. The molecule has 2 amide bonds. The van der Waals surface area contributed by atoms with Crippen LogP contribution < -0.4 is 14.8 Å². The molecule has 4 rings (SSSR count). The molecule has 0 saturated carbocycles. The first-order valence-electron chi connectivity index (χ1n) is 11.2. The zero-order valence-corrected chi connectivity index (χ0v) is 20.9. The number of nitrogens with one attached hydrogen (secondary N) is 2. The number of methoxy groups -OCH3 is 1. The van der Waals surface area contributed by atoms with Gasteiger partial charge in [0.2, 0.25) is 5.88 Å². The van der Waals surface area contributed by atoms with Crippen molar-refractivity contribution in [1.82, 2.24) is 14.6 Å². The van der Waals surface area contributed by atoms with Crippen LogP contribution in [0.15, 0.2) is 47.5 Å². The summed E-state index contributed by atoms with van der Waals surface area (Å²) in [6.45, 7) is 0.0513. The summed E-state index contributed by atoms with van der Waals surface area (Å²) >= 11 is 0. The molecule has 190 valence electrons. The Labute approximate surface area is 208 Å². The standard InChI is InChI=1S/C25H26F2N4O4S/c1-31(2)14-17-8-10-20(26)24(22(17)27)36(33,34)30-25(32)29-23-18-6-4-5-15(18)7-9-19(23)16-11-12-28-21(13-16)35-3/h7-13H,4-6,14H2,1-3H3,(H2,29,30,32). The third-order valence-corrected chi connectivity index (χ3v) is 7.25. The number of fused-ring (bicyclic) bond motifs is 1. The number of pyridine rings is 1. The highest BCUT2D eigenvalue weighted by molar-refractivity contribution is 7.90. The molecule has 2 aromatic carbocycles. The SMILES string of the molecule is COc1cc(-c2ccc3c(c2NC(=O)NS(=O)(=O)c2c(F)ccc(CN(C)C)c2F)CCC3)ccn1. The minimum Gasteiger partial charge on any atom is -0.481 e. The van der Waals surface area contributed by atoms with Crippen LogP contribution in [0.5, 0.6) is 5.88 Å². The molecule has 1 aromatic heterocycles. The van der Waals surface area contributed by atoms with Crippen molar-refractivity contribution in [3.05, 3.63) is 70.9 Å². The third-order valence-electron chi connectivity index (χ3n) is 5.89. The molecule has 0 atom stereocenters. The van der Waals surface area contributed by atoms with Crippen molar-refractivity contribution >= 4 is 21.7 Å². The Morgan fingerprint density at radius 2 is 1.92 bits per heavy atom. The summed E-state index contributed by atoms with van der Waals surface area (Å²) in [5.74, 6) is -2.16. The van der Waals surface area contributed by atoms with Crippen molar-refractivity contribution in [2.45, 2.75) is 30.7 Å². The van der Waals surface area contributed by atoms with E-state index in [0.717, 1.165) is 30.0 Å². The maximum absolute atomic E-state index is 15.0. The number of nitrogens with zero attached hydrogens (tertiary/aromatic N) is 2. The highest BCUT2D eigenvalue weighted by Crippen LogP contribution is 2.38. The summed E-state index contributed by atoms with van der Waals surface area (Å²) in [4.78, 5) is 17.4. The molecule has 8 nitrogen and oxygen atoms in total. The fourth-order valence-corrected chi connectivity index (χ4v) is 5.42. The van der Waals surface area contributed by atoms with Gasteiger partial charge in [-0.05, 0) is 62.2 Å². The van der Waals surface area contributed by atoms with Gasteiger partial charge in [0.05, 0.1) is 12.8 Å². The zero-order valence-electron chi connectivity index (χ0n) is 20.1. The first kappa shape index (κ1) is 25.5. The van der Waals surface area contributed by atoms with E-state index in [1.54, 1.807) is 42.0 Å². The molecule has 0 saturated heterocycles. The van der Waals surface area contributed by atoms with Crippen LogP contribution in [0.1, 0.15) is 23.1 Å². The van der Waals surface area contributed by atoms with Crippen molar-refractivity contribution in [3.63, 3.8) is 0 Å². The number of aryl methyl sites for hydroxylation is 1. The van der Waals surface area contributed by atoms with Gasteiger partial charge in [-0.1, -0.05) is 18.2 Å². The van der Waals surface area contributed by atoms with Crippen LogP contribution in [-0.4, -0.2) is 45.5 Å². The van der Waals surface area contributed by atoms with E-state index in [9.17, 15) is 22.0 Å². The van der Waals surface area contributed by atoms with E-state index >= 15 is 0 Å². The van der Waals surface area contributed by atoms with E-state index in [1.165, 1.54) is 13.2 Å². The lowest BCUT2D eigenvalue weighted by Gasteiger charge is -2.18. The molecule has 1 heterocycles. The smallest absolute Gasteiger partial charge is 0.333 e. The molecular formula is C25H26F2N4O4S. The van der Waals surface area contributed by atoms with Gasteiger partial charge < -0.3 is 15.0 Å². The lowest BCUT2D eigenvalue weighted by Crippen LogP contribution is -2.36. The highest BCUT2D eigenvalue weighted by atomic mass is 32.2. The summed E-state index contributed by atoms with van der Waals surface area (Å²) in [6, 6.07) is 8.13. The number of sulfonamides is 1. The van der Waals surface area contributed by atoms with Gasteiger partial charge in [-0.25, -0.2) is 31.7 Å². The van der Waals surface area contributed by atoms with Crippen LogP contribution in [0.4, 0.5) is 19.3 Å². The number of hydrogen-bond acceptors (Lipinski definition) is 6. The molecule has 1 aliphatic rings. The number of ether oxygens (including phenoxy) is 1. The fraction of sp³-hybridized carbons (Fsp3) is 0.280. The summed E-state index contributed by atoms with van der Waals surface area (Å²) in [6.07, 6.45) is 3.94. The maximum Gasteiger partial charge on any atom is 0.333 e. The lowest BCUT2D eigenvalue weighted by atomic mass is 9.98. The van der Waals surface area contributed by atoms with Gasteiger partial charge in [0, 0.05) is 29.9 Å². The first-order valence-corrected chi connectivity index (χ1v) is 12.7. The lowest BCUT2D eigenvalue weighted by molar-refractivity contribution is 0.256. The third kappa shape index (κ3) is 5.17. The zero-order chi connectivity index (χ0) is 26.0. The van der Waals surface area contributed by atoms with E-state index in [1.807, 2.05) is 12.1 Å². The second-order valence-electron chi connectivity index (χ2n) is 8.71. The molecule has 0 aliphatic heterocycles. The number of hydrogen-bond donors (Lipinski definition) is 2. The van der Waals surface area contributed by atoms with Crippen molar-refractivity contribution in [3.8, 4) is 17.0 Å². The molecule has 2 N–H and O–H groups in total. The molecule has 1 aliphatic carbocycles. The molecule has 0 unspecified atom stereocenters. The second kappa shape index (κ2) is 10.2. The van der Waals surface area contributed by atoms with Crippen LogP contribution in [0, 0.1) is 11.6 Å². The molecule has 36 heavy (non-hydrogen) atoms. The largest absolute Gasteiger partial charge is 0.481 e. The Morgan fingerprint density at radius 3 is 2.64 bits per heavy atom. The number of anilines is 1. The minimum atomic E-state index is -4.86. The highest BCUT2D eigenvalue weighted by Gasteiger charge is 2.29. The fourth-order valence-electron chi connectivity index (χ4n) is 4.33. The average molecular weight is 517 g/mol. The maximum atomic E-state index is 15.0. The van der Waals surface area contributed by atoms with E-state index in [-0.39, 0.29) is 12.1 Å². The van der Waals surface area contributed by atoms with E-state index in [0.29, 0.717) is 29.1 Å². The Hall–Kier alpha value is -3.57. The van der Waals surface area contributed by atoms with Crippen molar-refractivity contribution in [2.24, 2.45) is 0 Å². The van der Waals surface area contributed by atoms with Crippen molar-refractivity contribution in [1.29, 1.82) is 0 Å². The normalized spacial score (nSPS) is 12.9. The van der Waals surface area contributed by atoms with E-state index < -0.39 is 32.6 Å². The molecule has 0 bridgehead atoms. The van der Waals surface area contributed by atoms with Crippen LogP contribution in [0.25, 0.3) is 11.1 Å². The number of rotatable bonds is 7. The van der Waals surface area contributed by atoms with Gasteiger partial charge in [-0.2, -0.15) is 0 Å². The number of benzene rings is 2. The van der Waals surface area contributed by atoms with Crippen LogP contribution >= 0.6 is 0 Å². The molecule has 0 radical (unpaired) electrons. The van der Waals surface area contributed by atoms with Gasteiger partial charge in [-0.3, -0.25) is 0 Å². The van der Waals surface area contributed by atoms with Gasteiger partial charge in [0.15, 0.2) is 10.7 Å². The van der Waals surface area contributed by atoms with E-state index in [2.05, 4.69) is 10.3 Å². The number of carbonyl (C=O) groups excluding carboxylic acids is 1. The first-order chi connectivity index (χ1) is 17.1. The summed E-state index contributed by atoms with van der Waals surface area (Å²) in [7, 11) is -0.0506. The van der Waals surface area contributed by atoms with Gasteiger partial charge in [0.1, 0.15) is 5.82 Å². The number of aromatic nitrogens is 1. The van der Waals surface area contributed by atoms with Gasteiger partial charge in [0.25, 0.3) is 10.0 Å². The molecule has 3 aromatic rings. The van der Waals surface area contributed by atoms with Gasteiger partial charge in [-0.15, -0.1) is 0 Å². The quantitative estimate of drug-likeness (QED) is 0.491. The minimum absolute atomic E-state index is 0.0167. The Bertz CT molecular complexity index is 1430. The monoisotopic (exact) mass is 516 g/mol. The molecule has 11 heteroatoms. The van der Waals surface area contributed by atoms with Crippen LogP contribution in [0.3, 0.4) is 0 Å². The number of urea groups is 1. The number of carbonyl (C=O) groups is 1. The number of halogens is 2. The predicted octanol–water partition coefficient (Wildman–Crippen LogP) is 4.10. The molecule has 0 spiro atoms. The van der Waals surface area contributed by atoms with Crippen molar-refractivity contribution < 1.29 is 26.7 Å². The van der Waals surface area contributed by atoms with Gasteiger partial charge >= 0.3 is 6.03 Å².